The number of amides is 1. The number of nitrogens with zero attached hydrogens (tertiary/aromatic N) is 2. The van der Waals surface area contributed by atoms with E-state index in [0.717, 1.165) is 0 Å². The van der Waals surface area contributed by atoms with E-state index in [1.807, 2.05) is 19.9 Å². The highest BCUT2D eigenvalue weighted by molar-refractivity contribution is 5.81. The summed E-state index contributed by atoms with van der Waals surface area (Å²) < 4.78 is 5.00. The Morgan fingerprint density at radius 3 is 2.56 bits per heavy atom. The minimum Gasteiger partial charge on any atom is -0.370 e. The van der Waals surface area contributed by atoms with E-state index in [0.29, 0.717) is 25.4 Å². The van der Waals surface area contributed by atoms with Gasteiger partial charge in [-0.3, -0.25) is 4.79 Å². The van der Waals surface area contributed by atoms with Crippen LogP contribution in [0.25, 0.3) is 0 Å². The maximum absolute atomic E-state index is 12.0. The predicted octanol–water partition coefficient (Wildman–Crippen LogP) is 0.358. The minimum absolute atomic E-state index is 0.131. The third kappa shape index (κ3) is 5.10. The number of hydrogen-bond acceptors (Lipinski definition) is 4. The van der Waals surface area contributed by atoms with Crippen molar-refractivity contribution in [2.24, 2.45) is 11.7 Å². The Labute approximate surface area is 97.2 Å². The van der Waals surface area contributed by atoms with Crippen molar-refractivity contribution in [1.29, 1.82) is 5.26 Å². The average Bonchev–Trinajstić information content (AvgIpc) is 2.25. The molecule has 0 saturated carbocycles. The summed E-state index contributed by atoms with van der Waals surface area (Å²) in [4.78, 5) is 13.6. The molecule has 0 radical (unpaired) electrons. The van der Waals surface area contributed by atoms with Crippen LogP contribution < -0.4 is 5.73 Å². The van der Waals surface area contributed by atoms with Crippen molar-refractivity contribution in [1.82, 2.24) is 4.90 Å². The van der Waals surface area contributed by atoms with Gasteiger partial charge in [-0.05, 0) is 5.92 Å². The van der Waals surface area contributed by atoms with E-state index in [4.69, 9.17) is 15.7 Å². The standard InChI is InChI=1S/C11H21N3O2/c1-9(2)8-14(6-4-5-12)11(15)10(7-13)16-3/h9-10H,4,6-8,13H2,1-3H3. The molecule has 1 unspecified atom stereocenters. The summed E-state index contributed by atoms with van der Waals surface area (Å²) in [7, 11) is 1.47. The first-order valence-electron chi connectivity index (χ1n) is 5.45. The summed E-state index contributed by atoms with van der Waals surface area (Å²) in [6.07, 6.45) is -0.267. The molecule has 2 N–H and O–H groups in total. The fraction of sp³-hybridized carbons (Fsp3) is 0.818. The van der Waals surface area contributed by atoms with Crippen LogP contribution in [0.15, 0.2) is 0 Å². The number of ether oxygens (including phenoxy) is 1. The molecule has 0 aliphatic heterocycles. The Kier molecular flexibility index (Phi) is 7.52. The lowest BCUT2D eigenvalue weighted by Crippen LogP contribution is -2.45. The lowest BCUT2D eigenvalue weighted by atomic mass is 10.2. The molecule has 0 bridgehead atoms. The second-order valence-electron chi connectivity index (χ2n) is 4.05. The van der Waals surface area contributed by atoms with Crippen LogP contribution in [0.4, 0.5) is 0 Å². The maximum atomic E-state index is 12.0. The van der Waals surface area contributed by atoms with Crippen LogP contribution >= 0.6 is 0 Å². The summed E-state index contributed by atoms with van der Waals surface area (Å²) in [6.45, 7) is 5.28. The second-order valence-corrected chi connectivity index (χ2v) is 4.05. The largest absolute Gasteiger partial charge is 0.370 e. The molecular weight excluding hydrogens is 206 g/mol. The summed E-state index contributed by atoms with van der Waals surface area (Å²) >= 11 is 0. The van der Waals surface area contributed by atoms with Crippen molar-refractivity contribution in [2.75, 3.05) is 26.7 Å². The Hall–Kier alpha value is -1.12. The molecule has 0 aromatic heterocycles. The van der Waals surface area contributed by atoms with Crippen LogP contribution in [-0.4, -0.2) is 43.7 Å². The van der Waals surface area contributed by atoms with Gasteiger partial charge in [-0.1, -0.05) is 13.8 Å². The van der Waals surface area contributed by atoms with E-state index in [-0.39, 0.29) is 12.5 Å². The SMILES string of the molecule is COC(CN)C(=O)N(CCC#N)CC(C)C. The molecule has 0 spiro atoms. The predicted molar refractivity (Wildman–Crippen MR) is 61.5 cm³/mol. The van der Waals surface area contributed by atoms with Crippen molar-refractivity contribution in [3.05, 3.63) is 0 Å². The molecule has 92 valence electrons. The van der Waals surface area contributed by atoms with Crippen LogP contribution in [0.2, 0.25) is 0 Å². The Morgan fingerprint density at radius 1 is 1.56 bits per heavy atom. The lowest BCUT2D eigenvalue weighted by molar-refractivity contribution is -0.141. The van der Waals surface area contributed by atoms with E-state index in [9.17, 15) is 4.79 Å². The highest BCUT2D eigenvalue weighted by Gasteiger charge is 2.23. The lowest BCUT2D eigenvalue weighted by Gasteiger charge is -2.26. The summed E-state index contributed by atoms with van der Waals surface area (Å²) in [5.41, 5.74) is 5.44. The highest BCUT2D eigenvalue weighted by Crippen LogP contribution is 2.04. The van der Waals surface area contributed by atoms with Gasteiger partial charge in [0.2, 0.25) is 0 Å². The summed E-state index contributed by atoms with van der Waals surface area (Å²) in [6, 6.07) is 2.04. The fourth-order valence-electron chi connectivity index (χ4n) is 1.42. The zero-order chi connectivity index (χ0) is 12.6. The smallest absolute Gasteiger partial charge is 0.253 e. The Bertz CT molecular complexity index is 244. The van der Waals surface area contributed by atoms with Gasteiger partial charge in [-0.2, -0.15) is 5.26 Å². The summed E-state index contributed by atoms with van der Waals surface area (Å²) in [5, 5.41) is 8.54. The van der Waals surface area contributed by atoms with Crippen molar-refractivity contribution in [2.45, 2.75) is 26.4 Å². The highest BCUT2D eigenvalue weighted by atomic mass is 16.5. The van der Waals surface area contributed by atoms with Gasteiger partial charge >= 0.3 is 0 Å². The molecule has 0 saturated heterocycles. The summed E-state index contributed by atoms with van der Waals surface area (Å²) in [5.74, 6) is 0.229. The van der Waals surface area contributed by atoms with Gasteiger partial charge < -0.3 is 15.4 Å². The molecular formula is C11H21N3O2. The van der Waals surface area contributed by atoms with Crippen LogP contribution in [0.3, 0.4) is 0 Å². The first-order valence-corrected chi connectivity index (χ1v) is 5.45. The third-order valence-electron chi connectivity index (χ3n) is 2.16. The number of carbonyl (C=O) groups excluding carboxylic acids is 1. The first kappa shape index (κ1) is 14.9. The van der Waals surface area contributed by atoms with Gasteiger partial charge in [0.1, 0.15) is 6.10 Å². The molecule has 5 heteroatoms. The van der Waals surface area contributed by atoms with Crippen molar-refractivity contribution >= 4 is 5.91 Å². The van der Waals surface area contributed by atoms with Gasteiger partial charge in [0, 0.05) is 26.7 Å². The fourth-order valence-corrected chi connectivity index (χ4v) is 1.42. The van der Waals surface area contributed by atoms with Crippen LogP contribution in [0.5, 0.6) is 0 Å². The van der Waals surface area contributed by atoms with Crippen LogP contribution in [-0.2, 0) is 9.53 Å². The Morgan fingerprint density at radius 2 is 2.19 bits per heavy atom. The molecule has 0 aromatic rings. The van der Waals surface area contributed by atoms with E-state index in [1.54, 1.807) is 4.90 Å². The number of hydrogen-bond donors (Lipinski definition) is 1. The molecule has 0 heterocycles. The van der Waals surface area contributed by atoms with Gasteiger partial charge in [0.25, 0.3) is 5.91 Å². The normalized spacial score (nSPS) is 12.2. The molecule has 1 atom stereocenters. The zero-order valence-electron chi connectivity index (χ0n) is 10.3. The third-order valence-corrected chi connectivity index (χ3v) is 2.16. The van der Waals surface area contributed by atoms with Crippen LogP contribution in [0, 0.1) is 17.2 Å². The number of nitriles is 1. The zero-order valence-corrected chi connectivity index (χ0v) is 10.3. The number of rotatable bonds is 7. The molecule has 0 fully saturated rings. The van der Waals surface area contributed by atoms with Crippen molar-refractivity contribution in [3.63, 3.8) is 0 Å². The molecule has 0 aliphatic carbocycles. The van der Waals surface area contributed by atoms with E-state index in [2.05, 4.69) is 0 Å². The molecule has 0 aliphatic rings. The topological polar surface area (TPSA) is 79.3 Å². The molecule has 0 aromatic carbocycles. The van der Waals surface area contributed by atoms with Crippen LogP contribution in [0.1, 0.15) is 20.3 Å². The average molecular weight is 227 g/mol. The molecule has 1 amide bonds. The van der Waals surface area contributed by atoms with Crippen molar-refractivity contribution < 1.29 is 9.53 Å². The minimum atomic E-state index is -0.600. The number of nitrogens with two attached hydrogens (primary N) is 1. The number of carbonyl (C=O) groups is 1. The Balaban J connectivity index is 4.48. The van der Waals surface area contributed by atoms with Crippen molar-refractivity contribution in [3.8, 4) is 6.07 Å². The van der Waals surface area contributed by atoms with E-state index < -0.39 is 6.10 Å². The van der Waals surface area contributed by atoms with Gasteiger partial charge in [0.15, 0.2) is 0 Å². The molecule has 0 rings (SSSR count). The van der Waals surface area contributed by atoms with Gasteiger partial charge in [0.05, 0.1) is 12.5 Å². The maximum Gasteiger partial charge on any atom is 0.253 e. The number of methoxy groups -OCH3 is 1. The van der Waals surface area contributed by atoms with E-state index in [1.165, 1.54) is 7.11 Å². The van der Waals surface area contributed by atoms with Gasteiger partial charge in [-0.15, -0.1) is 0 Å². The molecule has 5 nitrogen and oxygen atoms in total. The molecule has 16 heavy (non-hydrogen) atoms. The second kappa shape index (κ2) is 8.08. The first-order chi connectivity index (χ1) is 7.56. The quantitative estimate of drug-likeness (QED) is 0.681. The monoisotopic (exact) mass is 227 g/mol. The van der Waals surface area contributed by atoms with Gasteiger partial charge in [-0.25, -0.2) is 0 Å². The van der Waals surface area contributed by atoms with E-state index >= 15 is 0 Å².